The van der Waals surface area contributed by atoms with Gasteiger partial charge in [-0.2, -0.15) is 0 Å². The lowest BCUT2D eigenvalue weighted by Gasteiger charge is -2.09. The standard InChI is InChI=1S/C18H14BrClN2O7S/c1-3-28-18(23)16-9(2)29-17-12(16)6-10(7-13(17)19)21-30(26,27)11-4-5-14(20)15(8-11)22(24)25/h4-8,21H,3H2,1-2H3. The monoisotopic (exact) mass is 516 g/mol. The number of furan rings is 1. The molecule has 9 nitrogen and oxygen atoms in total. The Hall–Kier alpha value is -2.63. The SMILES string of the molecule is CCOC(=O)c1c(C)oc2c(Br)cc(NS(=O)(=O)c3ccc(Cl)c([N+](=O)[O-])c3)cc12. The molecule has 30 heavy (non-hydrogen) atoms. The van der Waals surface area contributed by atoms with E-state index in [0.717, 1.165) is 18.2 Å². The number of sulfonamides is 1. The zero-order valence-corrected chi connectivity index (χ0v) is 18.7. The third-order valence-electron chi connectivity index (χ3n) is 4.08. The summed E-state index contributed by atoms with van der Waals surface area (Å²) in [5, 5.41) is 11.2. The second-order valence-electron chi connectivity index (χ2n) is 6.06. The first-order valence-electron chi connectivity index (χ1n) is 8.41. The molecule has 0 saturated carbocycles. The van der Waals surface area contributed by atoms with Crippen LogP contribution in [0.15, 0.2) is 44.1 Å². The molecule has 0 aliphatic carbocycles. The summed E-state index contributed by atoms with van der Waals surface area (Å²) in [6, 6.07) is 6.01. The summed E-state index contributed by atoms with van der Waals surface area (Å²) >= 11 is 9.05. The van der Waals surface area contributed by atoms with Gasteiger partial charge in [-0.15, -0.1) is 0 Å². The number of carbonyl (C=O) groups excluding carboxylic acids is 1. The number of nitrogens with one attached hydrogen (secondary N) is 1. The first-order valence-corrected chi connectivity index (χ1v) is 11.1. The molecule has 0 aliphatic rings. The third-order valence-corrected chi connectivity index (χ3v) is 6.36. The van der Waals surface area contributed by atoms with Crippen molar-refractivity contribution in [3.63, 3.8) is 0 Å². The highest BCUT2D eigenvalue weighted by Gasteiger charge is 2.24. The number of nitro groups is 1. The van der Waals surface area contributed by atoms with Gasteiger partial charge in [0.05, 0.1) is 26.6 Å². The van der Waals surface area contributed by atoms with Crippen LogP contribution in [0.1, 0.15) is 23.0 Å². The number of hydrogen-bond donors (Lipinski definition) is 1. The molecule has 158 valence electrons. The van der Waals surface area contributed by atoms with Crippen LogP contribution in [-0.4, -0.2) is 25.9 Å². The number of ether oxygens (including phenoxy) is 1. The van der Waals surface area contributed by atoms with Gasteiger partial charge >= 0.3 is 5.97 Å². The van der Waals surface area contributed by atoms with Crippen molar-refractivity contribution in [3.8, 4) is 0 Å². The summed E-state index contributed by atoms with van der Waals surface area (Å²) in [4.78, 5) is 22.2. The van der Waals surface area contributed by atoms with Gasteiger partial charge in [-0.1, -0.05) is 11.6 Å². The van der Waals surface area contributed by atoms with Gasteiger partial charge < -0.3 is 9.15 Å². The van der Waals surface area contributed by atoms with Crippen LogP contribution in [0.4, 0.5) is 11.4 Å². The molecule has 1 aromatic heterocycles. The highest BCUT2D eigenvalue weighted by molar-refractivity contribution is 9.10. The minimum Gasteiger partial charge on any atom is -0.462 e. The number of hydrogen-bond acceptors (Lipinski definition) is 7. The Bertz CT molecular complexity index is 1290. The van der Waals surface area contributed by atoms with Crippen molar-refractivity contribution < 1.29 is 27.3 Å². The Balaban J connectivity index is 2.07. The quantitative estimate of drug-likeness (QED) is 0.275. The molecule has 3 rings (SSSR count). The fraction of sp³-hybridized carbons (Fsp3) is 0.167. The van der Waals surface area contributed by atoms with Crippen molar-refractivity contribution in [2.45, 2.75) is 18.7 Å². The van der Waals surface area contributed by atoms with Crippen LogP contribution in [0.5, 0.6) is 0 Å². The van der Waals surface area contributed by atoms with Crippen LogP contribution in [-0.2, 0) is 14.8 Å². The molecule has 0 amide bonds. The number of rotatable bonds is 6. The van der Waals surface area contributed by atoms with Gasteiger partial charge in [0, 0.05) is 11.5 Å². The van der Waals surface area contributed by atoms with Gasteiger partial charge in [-0.05, 0) is 54.0 Å². The number of nitrogens with zero attached hydrogens (tertiary/aromatic N) is 1. The molecule has 0 saturated heterocycles. The van der Waals surface area contributed by atoms with Crippen LogP contribution < -0.4 is 4.72 Å². The van der Waals surface area contributed by atoms with E-state index in [1.807, 2.05) is 0 Å². The summed E-state index contributed by atoms with van der Waals surface area (Å²) in [5.74, 6) is -0.286. The minimum absolute atomic E-state index is 0.110. The first kappa shape index (κ1) is 22.1. The fourth-order valence-corrected chi connectivity index (χ4v) is 4.59. The van der Waals surface area contributed by atoms with Crippen LogP contribution in [0.2, 0.25) is 5.02 Å². The predicted molar refractivity (Wildman–Crippen MR) is 114 cm³/mol. The van der Waals surface area contributed by atoms with E-state index in [1.165, 1.54) is 12.1 Å². The molecule has 1 heterocycles. The Labute approximate surface area is 184 Å². The predicted octanol–water partition coefficient (Wildman–Crippen LogP) is 5.04. The number of anilines is 1. The lowest BCUT2D eigenvalue weighted by atomic mass is 10.1. The molecule has 3 aromatic rings. The smallest absolute Gasteiger partial charge is 0.342 e. The Morgan fingerprint density at radius 1 is 1.33 bits per heavy atom. The van der Waals surface area contributed by atoms with E-state index in [-0.39, 0.29) is 27.8 Å². The minimum atomic E-state index is -4.19. The lowest BCUT2D eigenvalue weighted by molar-refractivity contribution is -0.384. The molecule has 0 aliphatic heterocycles. The maximum Gasteiger partial charge on any atom is 0.342 e. The van der Waals surface area contributed by atoms with Gasteiger partial charge in [0.15, 0.2) is 0 Å². The van der Waals surface area contributed by atoms with Crippen molar-refractivity contribution in [3.05, 3.63) is 61.3 Å². The average molecular weight is 518 g/mol. The average Bonchev–Trinajstić information content (AvgIpc) is 2.98. The number of halogens is 2. The second-order valence-corrected chi connectivity index (χ2v) is 9.01. The summed E-state index contributed by atoms with van der Waals surface area (Å²) in [6.07, 6.45) is 0. The molecule has 0 bridgehead atoms. The molecule has 1 N–H and O–H groups in total. The van der Waals surface area contributed by atoms with E-state index in [4.69, 9.17) is 20.8 Å². The third kappa shape index (κ3) is 4.13. The molecule has 0 radical (unpaired) electrons. The molecular formula is C18H14BrClN2O7S. The summed E-state index contributed by atoms with van der Waals surface area (Å²) < 4.78 is 38.9. The van der Waals surface area contributed by atoms with Gasteiger partial charge in [0.25, 0.3) is 15.7 Å². The summed E-state index contributed by atoms with van der Waals surface area (Å²) in [5.41, 5.74) is 0.0981. The first-order chi connectivity index (χ1) is 14.0. The van der Waals surface area contributed by atoms with E-state index in [0.29, 0.717) is 21.2 Å². The Kier molecular flexibility index (Phi) is 6.06. The molecular weight excluding hydrogens is 504 g/mol. The van der Waals surface area contributed by atoms with Crippen molar-refractivity contribution >= 4 is 65.9 Å². The lowest BCUT2D eigenvalue weighted by Crippen LogP contribution is -2.13. The maximum absolute atomic E-state index is 12.8. The highest BCUT2D eigenvalue weighted by atomic mass is 79.9. The fourth-order valence-electron chi connectivity index (χ4n) is 2.81. The largest absolute Gasteiger partial charge is 0.462 e. The number of nitro benzene ring substituents is 1. The van der Waals surface area contributed by atoms with Gasteiger partial charge in [-0.25, -0.2) is 13.2 Å². The number of fused-ring (bicyclic) bond motifs is 1. The van der Waals surface area contributed by atoms with E-state index < -0.39 is 26.6 Å². The van der Waals surface area contributed by atoms with E-state index in [9.17, 15) is 23.3 Å². The van der Waals surface area contributed by atoms with Crippen LogP contribution in [0.3, 0.4) is 0 Å². The number of carbonyl (C=O) groups is 1. The molecule has 0 unspecified atom stereocenters. The maximum atomic E-state index is 12.8. The zero-order chi connectivity index (χ0) is 22.2. The van der Waals surface area contributed by atoms with Gasteiger partial charge in [0.2, 0.25) is 0 Å². The van der Waals surface area contributed by atoms with E-state index in [1.54, 1.807) is 13.8 Å². The van der Waals surface area contributed by atoms with Gasteiger partial charge in [-0.3, -0.25) is 14.8 Å². The van der Waals surface area contributed by atoms with E-state index in [2.05, 4.69) is 20.7 Å². The number of aryl methyl sites for hydroxylation is 1. The zero-order valence-electron chi connectivity index (χ0n) is 15.6. The molecule has 0 atom stereocenters. The van der Waals surface area contributed by atoms with Crippen LogP contribution >= 0.6 is 27.5 Å². The van der Waals surface area contributed by atoms with Crippen LogP contribution in [0, 0.1) is 17.0 Å². The summed E-state index contributed by atoms with van der Waals surface area (Å²) in [6.45, 7) is 3.42. The Morgan fingerprint density at radius 3 is 2.67 bits per heavy atom. The number of esters is 1. The van der Waals surface area contributed by atoms with E-state index >= 15 is 0 Å². The highest BCUT2D eigenvalue weighted by Crippen LogP contribution is 2.36. The normalized spacial score (nSPS) is 11.5. The molecule has 2 aromatic carbocycles. The second kappa shape index (κ2) is 8.25. The van der Waals surface area contributed by atoms with Crippen molar-refractivity contribution in [1.29, 1.82) is 0 Å². The van der Waals surface area contributed by atoms with Crippen LogP contribution in [0.25, 0.3) is 11.0 Å². The molecule has 0 fully saturated rings. The molecule has 0 spiro atoms. The van der Waals surface area contributed by atoms with Crippen molar-refractivity contribution in [2.24, 2.45) is 0 Å². The summed E-state index contributed by atoms with van der Waals surface area (Å²) in [7, 11) is -4.19. The molecule has 12 heteroatoms. The van der Waals surface area contributed by atoms with Crippen molar-refractivity contribution in [1.82, 2.24) is 0 Å². The Morgan fingerprint density at radius 2 is 2.03 bits per heavy atom. The number of benzene rings is 2. The van der Waals surface area contributed by atoms with Crippen molar-refractivity contribution in [2.75, 3.05) is 11.3 Å². The van der Waals surface area contributed by atoms with Gasteiger partial charge in [0.1, 0.15) is 21.9 Å². The topological polar surface area (TPSA) is 129 Å².